The molecule has 0 unspecified atom stereocenters. The third kappa shape index (κ3) is 2.73. The van der Waals surface area contributed by atoms with Crippen LogP contribution in [0.4, 0.5) is 0 Å². The molecule has 1 atom stereocenters. The average Bonchev–Trinajstić information content (AvgIpc) is 2.98. The first kappa shape index (κ1) is 13.3. The van der Waals surface area contributed by atoms with Gasteiger partial charge >= 0.3 is 0 Å². The zero-order chi connectivity index (χ0) is 13.9. The molecule has 5 heteroatoms. The number of hydrogen-bond donors (Lipinski definition) is 1. The lowest BCUT2D eigenvalue weighted by molar-refractivity contribution is 0.0861. The van der Waals surface area contributed by atoms with Crippen LogP contribution in [-0.4, -0.2) is 25.2 Å². The molecule has 3 rings (SSSR count). The summed E-state index contributed by atoms with van der Waals surface area (Å²) in [5.41, 5.74) is 0. The fraction of sp³-hybridized carbons (Fsp3) is 0.333. The first-order valence-electron chi connectivity index (χ1n) is 6.67. The number of ether oxygens (including phenoxy) is 1. The molecule has 2 heterocycles. The Balaban J connectivity index is 1.79. The molecule has 0 bridgehead atoms. The van der Waals surface area contributed by atoms with Gasteiger partial charge in [0, 0.05) is 18.5 Å². The Morgan fingerprint density at radius 1 is 1.40 bits per heavy atom. The van der Waals surface area contributed by atoms with Gasteiger partial charge in [-0.05, 0) is 30.4 Å². The van der Waals surface area contributed by atoms with Gasteiger partial charge in [-0.1, -0.05) is 29.5 Å². The zero-order valence-corrected chi connectivity index (χ0v) is 11.7. The van der Waals surface area contributed by atoms with Crippen molar-refractivity contribution in [3.8, 4) is 0 Å². The summed E-state index contributed by atoms with van der Waals surface area (Å²) in [5, 5.41) is 4.30. The van der Waals surface area contributed by atoms with Gasteiger partial charge in [-0.3, -0.25) is 9.59 Å². The third-order valence-corrected chi connectivity index (χ3v) is 4.34. The molecule has 0 aliphatic carbocycles. The number of benzene rings is 1. The summed E-state index contributed by atoms with van der Waals surface area (Å²) in [6, 6.07) is 9.09. The molecule has 1 aliphatic heterocycles. The lowest BCUT2D eigenvalue weighted by Gasteiger charge is -2.10. The van der Waals surface area contributed by atoms with E-state index in [4.69, 9.17) is 4.74 Å². The standard InChI is InChI=1S/C15H15NO3S/c17-14(16-9-11-5-3-7-19-11)13-8-10-4-1-2-6-12(10)15(18)20-13/h1-2,4,6,8,11H,3,5,7,9H2,(H,16,17)/t11-/m0/s1. The van der Waals surface area contributed by atoms with Crippen LogP contribution in [0.1, 0.15) is 22.5 Å². The summed E-state index contributed by atoms with van der Waals surface area (Å²) in [4.78, 5) is 24.5. The highest BCUT2D eigenvalue weighted by Gasteiger charge is 2.17. The van der Waals surface area contributed by atoms with Crippen LogP contribution >= 0.6 is 11.3 Å². The normalized spacial score (nSPS) is 18.3. The van der Waals surface area contributed by atoms with E-state index in [-0.39, 0.29) is 16.8 Å². The number of carbonyl (C=O) groups excluding carboxylic acids is 1. The second-order valence-electron chi connectivity index (χ2n) is 4.83. The minimum atomic E-state index is -0.201. The van der Waals surface area contributed by atoms with Crippen LogP contribution in [0.3, 0.4) is 0 Å². The van der Waals surface area contributed by atoms with Crippen LogP contribution in [0, 0.1) is 0 Å². The van der Waals surface area contributed by atoms with Crippen molar-refractivity contribution in [2.75, 3.05) is 13.2 Å². The van der Waals surface area contributed by atoms with E-state index in [1.165, 1.54) is 0 Å². The molecule has 4 nitrogen and oxygen atoms in total. The van der Waals surface area contributed by atoms with Crippen LogP contribution in [0.15, 0.2) is 35.1 Å². The Labute approximate surface area is 120 Å². The van der Waals surface area contributed by atoms with Crippen LogP contribution in [-0.2, 0) is 4.74 Å². The van der Waals surface area contributed by atoms with Gasteiger partial charge in [0.25, 0.3) is 5.91 Å². The van der Waals surface area contributed by atoms with Crippen LogP contribution in [0.2, 0.25) is 0 Å². The van der Waals surface area contributed by atoms with E-state index in [2.05, 4.69) is 5.32 Å². The fourth-order valence-electron chi connectivity index (χ4n) is 2.35. The minimum Gasteiger partial charge on any atom is -0.376 e. The van der Waals surface area contributed by atoms with Gasteiger partial charge in [-0.15, -0.1) is 0 Å². The van der Waals surface area contributed by atoms with E-state index < -0.39 is 0 Å². The van der Waals surface area contributed by atoms with Crippen molar-refractivity contribution in [3.63, 3.8) is 0 Å². The van der Waals surface area contributed by atoms with Gasteiger partial charge in [0.2, 0.25) is 4.74 Å². The van der Waals surface area contributed by atoms with E-state index in [9.17, 15) is 9.59 Å². The number of hydrogen-bond acceptors (Lipinski definition) is 4. The number of fused-ring (bicyclic) bond motifs is 1. The lowest BCUT2D eigenvalue weighted by Crippen LogP contribution is -2.31. The predicted octanol–water partition coefficient (Wildman–Crippen LogP) is 2.17. The van der Waals surface area contributed by atoms with Crippen molar-refractivity contribution < 1.29 is 9.53 Å². The highest BCUT2D eigenvalue weighted by Crippen LogP contribution is 2.15. The summed E-state index contributed by atoms with van der Waals surface area (Å²) in [6.07, 6.45) is 2.13. The van der Waals surface area contributed by atoms with Crippen molar-refractivity contribution in [3.05, 3.63) is 44.7 Å². The topological polar surface area (TPSA) is 55.4 Å². The van der Waals surface area contributed by atoms with Crippen LogP contribution in [0.5, 0.6) is 0 Å². The summed E-state index contributed by atoms with van der Waals surface area (Å²) in [5.74, 6) is -0.201. The maximum Gasteiger partial charge on any atom is 0.261 e. The summed E-state index contributed by atoms with van der Waals surface area (Å²) < 4.78 is 5.38. The number of amides is 1. The first-order valence-corrected chi connectivity index (χ1v) is 7.48. The predicted molar refractivity (Wildman–Crippen MR) is 79.4 cm³/mol. The van der Waals surface area contributed by atoms with Gasteiger partial charge in [0.05, 0.1) is 11.0 Å². The minimum absolute atomic E-state index is 0.0784. The highest BCUT2D eigenvalue weighted by molar-refractivity contribution is 7.12. The molecule has 104 valence electrons. The molecule has 1 aromatic heterocycles. The number of nitrogens with one attached hydrogen (secondary N) is 1. The molecule has 20 heavy (non-hydrogen) atoms. The molecule has 1 aliphatic rings. The molecule has 0 saturated carbocycles. The smallest absolute Gasteiger partial charge is 0.261 e. The van der Waals surface area contributed by atoms with E-state index in [1.807, 2.05) is 18.2 Å². The van der Waals surface area contributed by atoms with Gasteiger partial charge in [-0.25, -0.2) is 0 Å². The van der Waals surface area contributed by atoms with Gasteiger partial charge in [0.1, 0.15) is 0 Å². The summed E-state index contributed by atoms with van der Waals surface area (Å²) >= 11 is 0.989. The average molecular weight is 289 g/mol. The van der Waals surface area contributed by atoms with Crippen molar-refractivity contribution >= 4 is 28.0 Å². The van der Waals surface area contributed by atoms with Gasteiger partial charge < -0.3 is 10.1 Å². The van der Waals surface area contributed by atoms with E-state index in [0.29, 0.717) is 16.8 Å². The molecule has 1 amide bonds. The Bertz CT molecular complexity index is 689. The van der Waals surface area contributed by atoms with E-state index in [1.54, 1.807) is 12.1 Å². The van der Waals surface area contributed by atoms with Crippen molar-refractivity contribution in [2.24, 2.45) is 0 Å². The van der Waals surface area contributed by atoms with Crippen LogP contribution in [0.25, 0.3) is 10.8 Å². The van der Waals surface area contributed by atoms with Crippen molar-refractivity contribution in [1.29, 1.82) is 0 Å². The second kappa shape index (κ2) is 5.73. The van der Waals surface area contributed by atoms with Crippen molar-refractivity contribution in [1.82, 2.24) is 5.32 Å². The summed E-state index contributed by atoms with van der Waals surface area (Å²) in [6.45, 7) is 1.27. The quantitative estimate of drug-likeness (QED) is 0.942. The molecular formula is C15H15NO3S. The Morgan fingerprint density at radius 3 is 3.05 bits per heavy atom. The van der Waals surface area contributed by atoms with E-state index >= 15 is 0 Å². The SMILES string of the molecule is O=C(NC[C@@H]1CCCO1)c1cc2ccccc2c(=O)s1. The molecule has 0 spiro atoms. The maximum atomic E-state index is 12.1. The number of carbonyl (C=O) groups is 1. The zero-order valence-electron chi connectivity index (χ0n) is 10.9. The molecule has 1 N–H and O–H groups in total. The molecular weight excluding hydrogens is 274 g/mol. The molecule has 1 saturated heterocycles. The third-order valence-electron chi connectivity index (χ3n) is 3.41. The van der Waals surface area contributed by atoms with Crippen LogP contribution < -0.4 is 10.1 Å². The Kier molecular flexibility index (Phi) is 3.80. The largest absolute Gasteiger partial charge is 0.376 e. The second-order valence-corrected chi connectivity index (χ2v) is 5.85. The van der Waals surface area contributed by atoms with Gasteiger partial charge in [0.15, 0.2) is 0 Å². The van der Waals surface area contributed by atoms with Crippen molar-refractivity contribution in [2.45, 2.75) is 18.9 Å². The van der Waals surface area contributed by atoms with Gasteiger partial charge in [-0.2, -0.15) is 0 Å². The Morgan fingerprint density at radius 2 is 2.25 bits per heavy atom. The lowest BCUT2D eigenvalue weighted by atomic mass is 10.2. The highest BCUT2D eigenvalue weighted by atomic mass is 32.1. The molecule has 1 fully saturated rings. The monoisotopic (exact) mass is 289 g/mol. The summed E-state index contributed by atoms with van der Waals surface area (Å²) in [7, 11) is 0. The molecule has 2 aromatic rings. The van der Waals surface area contributed by atoms with E-state index in [0.717, 1.165) is 36.2 Å². The maximum absolute atomic E-state index is 12.1. The first-order chi connectivity index (χ1) is 9.74. The molecule has 1 aromatic carbocycles. The molecule has 0 radical (unpaired) electrons. The Hall–Kier alpha value is -1.72. The fourth-order valence-corrected chi connectivity index (χ4v) is 3.19. The number of rotatable bonds is 3.